The molecule has 4 nitrogen and oxygen atoms in total. The minimum absolute atomic E-state index is 0.00933. The summed E-state index contributed by atoms with van der Waals surface area (Å²) < 4.78 is 10.4. The molecule has 0 aromatic rings. The maximum atomic E-state index is 10.7. The van der Waals surface area contributed by atoms with Gasteiger partial charge < -0.3 is 14.3 Å². The summed E-state index contributed by atoms with van der Waals surface area (Å²) in [5.41, 5.74) is 0. The van der Waals surface area contributed by atoms with Gasteiger partial charge in [-0.2, -0.15) is 0 Å². The zero-order chi connectivity index (χ0) is 11.3. The quantitative estimate of drug-likeness (QED) is 0.398. The predicted octanol–water partition coefficient (Wildman–Crippen LogP) is 1.10. The molecule has 0 aromatic heterocycles. The third-order valence-corrected chi connectivity index (χ3v) is 2.17. The van der Waals surface area contributed by atoms with Crippen LogP contribution in [0.2, 0.25) is 0 Å². The van der Waals surface area contributed by atoms with Crippen LogP contribution in [0.3, 0.4) is 0 Å². The summed E-state index contributed by atoms with van der Waals surface area (Å²) >= 11 is 0. The Balaban J connectivity index is 2.37. The molecule has 0 amide bonds. The first-order valence-electron chi connectivity index (χ1n) is 5.04. The second-order valence-electron chi connectivity index (χ2n) is 3.75. The zero-order valence-corrected chi connectivity index (χ0v) is 9.01. The number of hydrogen-bond donors (Lipinski definition) is 0. The Labute approximate surface area is 89.2 Å². The predicted molar refractivity (Wildman–Crippen MR) is 54.3 cm³/mol. The van der Waals surface area contributed by atoms with Crippen LogP contribution in [-0.4, -0.2) is 31.1 Å². The summed E-state index contributed by atoms with van der Waals surface area (Å²) in [5, 5.41) is 0. The minimum atomic E-state index is -0.312. The third-order valence-electron chi connectivity index (χ3n) is 2.17. The molecule has 1 rings (SSSR count). The van der Waals surface area contributed by atoms with Crippen LogP contribution in [-0.2, 0) is 19.1 Å². The third kappa shape index (κ3) is 4.25. The maximum absolute atomic E-state index is 10.7. The van der Waals surface area contributed by atoms with E-state index in [1.54, 1.807) is 0 Å². The summed E-state index contributed by atoms with van der Waals surface area (Å²) in [7, 11) is 0. The van der Waals surface area contributed by atoms with Gasteiger partial charge in [0.25, 0.3) is 0 Å². The molecule has 0 aliphatic carbocycles. The standard InChI is InChI=1S/C11H16O4/c1-8(6-12)5-10-3-4-11(7-14-10)15-9(2)13/h3-4,6,8,10-11H,5,7H2,1-2H3/t8-,10-,11-/m0/s1. The number of aldehydes is 1. The van der Waals surface area contributed by atoms with E-state index in [4.69, 9.17) is 9.47 Å². The highest BCUT2D eigenvalue weighted by Gasteiger charge is 2.19. The Bertz CT molecular complexity index is 259. The molecule has 1 aliphatic heterocycles. The smallest absolute Gasteiger partial charge is 0.303 e. The first-order valence-corrected chi connectivity index (χ1v) is 5.04. The zero-order valence-electron chi connectivity index (χ0n) is 9.01. The average molecular weight is 212 g/mol. The van der Waals surface area contributed by atoms with E-state index in [0.717, 1.165) is 6.29 Å². The number of carbonyl (C=O) groups is 2. The SMILES string of the molecule is CC(=O)O[C@H]1C=C[C@@H](C[C@H](C)C=O)OC1. The van der Waals surface area contributed by atoms with Crippen LogP contribution < -0.4 is 0 Å². The molecule has 0 spiro atoms. The fraction of sp³-hybridized carbons (Fsp3) is 0.636. The number of ether oxygens (including phenoxy) is 2. The largest absolute Gasteiger partial charge is 0.456 e. The monoisotopic (exact) mass is 212 g/mol. The van der Waals surface area contributed by atoms with E-state index in [0.29, 0.717) is 13.0 Å². The molecular weight excluding hydrogens is 196 g/mol. The van der Waals surface area contributed by atoms with Gasteiger partial charge in [0.15, 0.2) is 0 Å². The lowest BCUT2D eigenvalue weighted by Crippen LogP contribution is -2.29. The van der Waals surface area contributed by atoms with Crippen molar-refractivity contribution in [2.24, 2.45) is 5.92 Å². The van der Waals surface area contributed by atoms with Crippen LogP contribution in [0, 0.1) is 5.92 Å². The number of hydrogen-bond acceptors (Lipinski definition) is 4. The van der Waals surface area contributed by atoms with Gasteiger partial charge in [-0.3, -0.25) is 4.79 Å². The van der Waals surface area contributed by atoms with Gasteiger partial charge in [0, 0.05) is 12.8 Å². The second-order valence-corrected chi connectivity index (χ2v) is 3.75. The van der Waals surface area contributed by atoms with E-state index in [1.807, 2.05) is 19.1 Å². The molecule has 0 aromatic carbocycles. The second kappa shape index (κ2) is 5.66. The van der Waals surface area contributed by atoms with Gasteiger partial charge in [0.1, 0.15) is 12.4 Å². The van der Waals surface area contributed by atoms with Crippen molar-refractivity contribution in [3.63, 3.8) is 0 Å². The first kappa shape index (κ1) is 11.9. The highest BCUT2D eigenvalue weighted by atomic mass is 16.6. The van der Waals surface area contributed by atoms with Crippen LogP contribution in [0.1, 0.15) is 20.3 Å². The molecule has 0 fully saturated rings. The molecule has 0 saturated carbocycles. The first-order chi connectivity index (χ1) is 7.11. The van der Waals surface area contributed by atoms with Gasteiger partial charge >= 0.3 is 5.97 Å². The average Bonchev–Trinajstić information content (AvgIpc) is 2.20. The number of esters is 1. The van der Waals surface area contributed by atoms with Gasteiger partial charge in [-0.15, -0.1) is 0 Å². The lowest BCUT2D eigenvalue weighted by Gasteiger charge is -2.24. The highest BCUT2D eigenvalue weighted by molar-refractivity contribution is 5.66. The molecular formula is C11H16O4. The van der Waals surface area contributed by atoms with E-state index < -0.39 is 0 Å². The molecule has 0 radical (unpaired) electrons. The summed E-state index contributed by atoms with van der Waals surface area (Å²) in [6.45, 7) is 3.59. The lowest BCUT2D eigenvalue weighted by atomic mass is 10.0. The van der Waals surface area contributed by atoms with Crippen molar-refractivity contribution in [1.29, 1.82) is 0 Å². The van der Waals surface area contributed by atoms with Crippen LogP contribution >= 0.6 is 0 Å². The Hall–Kier alpha value is -1.16. The Morgan fingerprint density at radius 3 is 2.87 bits per heavy atom. The van der Waals surface area contributed by atoms with Crippen LogP contribution in [0.15, 0.2) is 12.2 Å². The van der Waals surface area contributed by atoms with Crippen LogP contribution in [0.5, 0.6) is 0 Å². The van der Waals surface area contributed by atoms with Gasteiger partial charge in [-0.25, -0.2) is 0 Å². The molecule has 0 saturated heterocycles. The fourth-order valence-corrected chi connectivity index (χ4v) is 1.43. The van der Waals surface area contributed by atoms with E-state index >= 15 is 0 Å². The Morgan fingerprint density at radius 2 is 2.40 bits per heavy atom. The van der Waals surface area contributed by atoms with E-state index in [2.05, 4.69) is 0 Å². The molecule has 0 unspecified atom stereocenters. The van der Waals surface area contributed by atoms with E-state index in [1.165, 1.54) is 6.92 Å². The van der Waals surface area contributed by atoms with Crippen molar-refractivity contribution in [2.75, 3.05) is 6.61 Å². The van der Waals surface area contributed by atoms with Crippen molar-refractivity contribution in [3.8, 4) is 0 Å². The summed E-state index contributed by atoms with van der Waals surface area (Å²) in [6, 6.07) is 0. The molecule has 1 aliphatic rings. The van der Waals surface area contributed by atoms with E-state index in [9.17, 15) is 9.59 Å². The Kier molecular flexibility index (Phi) is 4.49. The molecule has 84 valence electrons. The van der Waals surface area contributed by atoms with E-state index in [-0.39, 0.29) is 24.1 Å². The molecule has 15 heavy (non-hydrogen) atoms. The van der Waals surface area contributed by atoms with Crippen LogP contribution in [0.25, 0.3) is 0 Å². The maximum Gasteiger partial charge on any atom is 0.303 e. The number of rotatable bonds is 4. The molecule has 0 bridgehead atoms. The molecule has 1 heterocycles. The lowest BCUT2D eigenvalue weighted by molar-refractivity contribution is -0.148. The molecule has 3 atom stereocenters. The minimum Gasteiger partial charge on any atom is -0.456 e. The fourth-order valence-electron chi connectivity index (χ4n) is 1.43. The summed E-state index contributed by atoms with van der Waals surface area (Å²) in [5.74, 6) is -0.321. The highest BCUT2D eigenvalue weighted by Crippen LogP contribution is 2.14. The van der Waals surface area contributed by atoms with Gasteiger partial charge in [0.05, 0.1) is 12.7 Å². The van der Waals surface area contributed by atoms with Gasteiger partial charge in [-0.1, -0.05) is 13.0 Å². The van der Waals surface area contributed by atoms with Crippen molar-refractivity contribution in [1.82, 2.24) is 0 Å². The van der Waals surface area contributed by atoms with Crippen LogP contribution in [0.4, 0.5) is 0 Å². The normalized spacial score (nSPS) is 27.1. The topological polar surface area (TPSA) is 52.6 Å². The van der Waals surface area contributed by atoms with Gasteiger partial charge in [0.2, 0.25) is 0 Å². The summed E-state index contributed by atoms with van der Waals surface area (Å²) in [4.78, 5) is 21.1. The number of carbonyl (C=O) groups excluding carboxylic acids is 2. The van der Waals surface area contributed by atoms with Crippen molar-refractivity contribution in [3.05, 3.63) is 12.2 Å². The van der Waals surface area contributed by atoms with Crippen molar-refractivity contribution in [2.45, 2.75) is 32.5 Å². The summed E-state index contributed by atoms with van der Waals surface area (Å²) in [6.07, 6.45) is 4.91. The van der Waals surface area contributed by atoms with Crippen molar-refractivity contribution < 1.29 is 19.1 Å². The van der Waals surface area contributed by atoms with Gasteiger partial charge in [-0.05, 0) is 12.5 Å². The molecule has 0 N–H and O–H groups in total. The van der Waals surface area contributed by atoms with Crippen molar-refractivity contribution >= 4 is 12.3 Å². The molecule has 4 heteroatoms. The Morgan fingerprint density at radius 1 is 1.67 bits per heavy atom.